The highest BCUT2D eigenvalue weighted by molar-refractivity contribution is 5.89. The Morgan fingerprint density at radius 2 is 2.41 bits per heavy atom. The molecule has 0 saturated carbocycles. The van der Waals surface area contributed by atoms with Gasteiger partial charge in [0.25, 0.3) is 0 Å². The number of nitrogens with one attached hydrogen (secondary N) is 1. The van der Waals surface area contributed by atoms with Crippen molar-refractivity contribution in [1.29, 1.82) is 0 Å². The maximum Gasteiger partial charge on any atom is 0.226 e. The molecule has 1 fully saturated rings. The third-order valence-corrected chi connectivity index (χ3v) is 4.21. The van der Waals surface area contributed by atoms with Crippen LogP contribution in [0.3, 0.4) is 0 Å². The van der Waals surface area contributed by atoms with Gasteiger partial charge in [-0.1, -0.05) is 5.16 Å². The SMILES string of the molecule is Cc1cc(NC(=O)CCN2CCCC2c2cccn2C)no1. The Kier molecular flexibility index (Phi) is 4.29. The normalized spacial score (nSPS) is 18.7. The second-order valence-electron chi connectivity index (χ2n) is 5.86. The molecule has 0 spiro atoms. The van der Waals surface area contributed by atoms with Crippen molar-refractivity contribution >= 4 is 11.7 Å². The molecule has 0 aromatic carbocycles. The lowest BCUT2D eigenvalue weighted by atomic mass is 10.1. The van der Waals surface area contributed by atoms with Gasteiger partial charge in [-0.15, -0.1) is 0 Å². The van der Waals surface area contributed by atoms with Crippen molar-refractivity contribution in [2.75, 3.05) is 18.4 Å². The van der Waals surface area contributed by atoms with Crippen LogP contribution in [0.25, 0.3) is 0 Å². The van der Waals surface area contributed by atoms with Gasteiger partial charge in [-0.3, -0.25) is 9.69 Å². The van der Waals surface area contributed by atoms with Gasteiger partial charge < -0.3 is 14.4 Å². The van der Waals surface area contributed by atoms with Gasteiger partial charge in [-0.2, -0.15) is 0 Å². The Labute approximate surface area is 130 Å². The zero-order valence-electron chi connectivity index (χ0n) is 13.1. The van der Waals surface area contributed by atoms with E-state index in [1.807, 2.05) is 0 Å². The van der Waals surface area contributed by atoms with Gasteiger partial charge >= 0.3 is 0 Å². The van der Waals surface area contributed by atoms with Crippen LogP contribution in [0.5, 0.6) is 0 Å². The fourth-order valence-corrected chi connectivity index (χ4v) is 3.13. The minimum Gasteiger partial charge on any atom is -0.360 e. The van der Waals surface area contributed by atoms with E-state index >= 15 is 0 Å². The van der Waals surface area contributed by atoms with Gasteiger partial charge in [-0.05, 0) is 38.4 Å². The summed E-state index contributed by atoms with van der Waals surface area (Å²) < 4.78 is 7.11. The maximum absolute atomic E-state index is 12.0. The van der Waals surface area contributed by atoms with Crippen molar-refractivity contribution in [3.63, 3.8) is 0 Å². The van der Waals surface area contributed by atoms with E-state index in [0.717, 1.165) is 19.5 Å². The smallest absolute Gasteiger partial charge is 0.226 e. The summed E-state index contributed by atoms with van der Waals surface area (Å²) in [5.74, 6) is 1.16. The van der Waals surface area contributed by atoms with Crippen LogP contribution in [0.2, 0.25) is 0 Å². The summed E-state index contributed by atoms with van der Waals surface area (Å²) in [7, 11) is 2.07. The van der Waals surface area contributed by atoms with Crippen LogP contribution >= 0.6 is 0 Å². The predicted molar refractivity (Wildman–Crippen MR) is 83.4 cm³/mol. The zero-order valence-corrected chi connectivity index (χ0v) is 13.1. The van der Waals surface area contributed by atoms with Crippen molar-refractivity contribution in [2.24, 2.45) is 7.05 Å². The van der Waals surface area contributed by atoms with E-state index in [0.29, 0.717) is 24.0 Å². The number of likely N-dealkylation sites (tertiary alicyclic amines) is 1. The molecule has 6 heteroatoms. The molecule has 0 bridgehead atoms. The molecule has 1 aliphatic rings. The van der Waals surface area contributed by atoms with Crippen LogP contribution in [-0.4, -0.2) is 33.6 Å². The number of carbonyl (C=O) groups excluding carboxylic acids is 1. The van der Waals surface area contributed by atoms with Gasteiger partial charge in [0.15, 0.2) is 5.82 Å². The van der Waals surface area contributed by atoms with Gasteiger partial charge in [0.05, 0.1) is 6.04 Å². The number of nitrogens with zero attached hydrogens (tertiary/aromatic N) is 3. The first kappa shape index (κ1) is 14.8. The van der Waals surface area contributed by atoms with Crippen LogP contribution in [0.15, 0.2) is 28.9 Å². The molecule has 1 atom stereocenters. The van der Waals surface area contributed by atoms with Crippen LogP contribution in [0.4, 0.5) is 5.82 Å². The Morgan fingerprint density at radius 1 is 1.55 bits per heavy atom. The second kappa shape index (κ2) is 6.36. The Hall–Kier alpha value is -2.08. The van der Waals surface area contributed by atoms with Crippen LogP contribution in [0.1, 0.15) is 36.8 Å². The van der Waals surface area contributed by atoms with Gasteiger partial charge in [0.1, 0.15) is 5.76 Å². The monoisotopic (exact) mass is 302 g/mol. The Bertz CT molecular complexity index is 646. The lowest BCUT2D eigenvalue weighted by Gasteiger charge is -2.24. The number of hydrogen-bond donors (Lipinski definition) is 1. The molecule has 22 heavy (non-hydrogen) atoms. The topological polar surface area (TPSA) is 63.3 Å². The molecule has 2 aromatic rings. The Balaban J connectivity index is 1.54. The van der Waals surface area contributed by atoms with Crippen molar-refractivity contribution in [1.82, 2.24) is 14.6 Å². The van der Waals surface area contributed by atoms with Crippen LogP contribution in [-0.2, 0) is 11.8 Å². The number of aromatic nitrogens is 2. The zero-order chi connectivity index (χ0) is 15.5. The molecule has 6 nitrogen and oxygen atoms in total. The molecule has 1 aliphatic heterocycles. The summed E-state index contributed by atoms with van der Waals surface area (Å²) in [6.07, 6.45) is 4.88. The van der Waals surface area contributed by atoms with Crippen LogP contribution < -0.4 is 5.32 Å². The van der Waals surface area contributed by atoms with E-state index in [2.05, 4.69) is 45.3 Å². The second-order valence-corrected chi connectivity index (χ2v) is 5.86. The molecule has 1 N–H and O–H groups in total. The third kappa shape index (κ3) is 3.22. The fraction of sp³-hybridized carbons (Fsp3) is 0.500. The Morgan fingerprint density at radius 3 is 3.09 bits per heavy atom. The van der Waals surface area contributed by atoms with E-state index in [1.54, 1.807) is 13.0 Å². The minimum atomic E-state index is -0.0224. The molecule has 3 heterocycles. The number of aryl methyl sites for hydroxylation is 2. The first-order valence-electron chi connectivity index (χ1n) is 7.72. The van der Waals surface area contributed by atoms with E-state index in [-0.39, 0.29) is 5.91 Å². The summed E-state index contributed by atoms with van der Waals surface area (Å²) in [4.78, 5) is 14.4. The number of anilines is 1. The van der Waals surface area contributed by atoms with Crippen molar-refractivity contribution in [3.8, 4) is 0 Å². The lowest BCUT2D eigenvalue weighted by molar-refractivity contribution is -0.116. The molecule has 2 aromatic heterocycles. The molecule has 1 unspecified atom stereocenters. The standard InChI is InChI=1S/C16H22N4O2/c1-12-11-15(18-22-12)17-16(21)7-10-20-9-4-6-14(20)13-5-3-8-19(13)2/h3,5,8,11,14H,4,6-7,9-10H2,1-2H3,(H,17,18,21). The number of amides is 1. The summed E-state index contributed by atoms with van der Waals surface area (Å²) in [6.45, 7) is 3.61. The summed E-state index contributed by atoms with van der Waals surface area (Å²) in [6, 6.07) is 6.38. The van der Waals surface area contributed by atoms with E-state index in [9.17, 15) is 4.79 Å². The highest BCUT2D eigenvalue weighted by atomic mass is 16.5. The van der Waals surface area contributed by atoms with Crippen molar-refractivity contribution in [3.05, 3.63) is 35.9 Å². The maximum atomic E-state index is 12.0. The number of rotatable bonds is 5. The molecule has 1 amide bonds. The lowest BCUT2D eigenvalue weighted by Crippen LogP contribution is -2.28. The molecule has 0 radical (unpaired) electrons. The molecular weight excluding hydrogens is 280 g/mol. The first-order valence-corrected chi connectivity index (χ1v) is 7.72. The molecule has 118 valence electrons. The molecule has 0 aliphatic carbocycles. The van der Waals surface area contributed by atoms with Gasteiger partial charge in [-0.25, -0.2) is 0 Å². The number of carbonyl (C=O) groups is 1. The molecular formula is C16H22N4O2. The average Bonchev–Trinajstić information content (AvgIpc) is 3.18. The van der Waals surface area contributed by atoms with Crippen molar-refractivity contribution < 1.29 is 9.32 Å². The molecule has 3 rings (SSSR count). The predicted octanol–water partition coefficient (Wildman–Crippen LogP) is 2.49. The third-order valence-electron chi connectivity index (χ3n) is 4.21. The summed E-state index contributed by atoms with van der Waals surface area (Å²) >= 11 is 0. The fourth-order valence-electron chi connectivity index (χ4n) is 3.13. The first-order chi connectivity index (χ1) is 10.6. The molecule has 1 saturated heterocycles. The van der Waals surface area contributed by atoms with E-state index in [4.69, 9.17) is 4.52 Å². The highest BCUT2D eigenvalue weighted by Crippen LogP contribution is 2.31. The highest BCUT2D eigenvalue weighted by Gasteiger charge is 2.27. The van der Waals surface area contributed by atoms with Gasteiger partial charge in [0, 0.05) is 38.0 Å². The van der Waals surface area contributed by atoms with E-state index in [1.165, 1.54) is 12.1 Å². The summed E-state index contributed by atoms with van der Waals surface area (Å²) in [5.41, 5.74) is 1.32. The number of hydrogen-bond acceptors (Lipinski definition) is 4. The average molecular weight is 302 g/mol. The van der Waals surface area contributed by atoms with Gasteiger partial charge in [0.2, 0.25) is 5.91 Å². The minimum absolute atomic E-state index is 0.0224. The summed E-state index contributed by atoms with van der Waals surface area (Å²) in [5, 5.41) is 6.55. The van der Waals surface area contributed by atoms with Crippen LogP contribution in [0, 0.1) is 6.92 Å². The van der Waals surface area contributed by atoms with E-state index < -0.39 is 0 Å². The van der Waals surface area contributed by atoms with Crippen molar-refractivity contribution in [2.45, 2.75) is 32.2 Å². The largest absolute Gasteiger partial charge is 0.360 e. The quantitative estimate of drug-likeness (QED) is 0.921.